The molecule has 0 aromatic rings. The molecule has 0 aromatic heterocycles. The van der Waals surface area contributed by atoms with Crippen LogP contribution >= 0.6 is 47.0 Å². The first-order chi connectivity index (χ1) is 11.3. The van der Waals surface area contributed by atoms with Gasteiger partial charge in [-0.2, -0.15) is 47.0 Å². The summed E-state index contributed by atoms with van der Waals surface area (Å²) in [7, 11) is 0. The Morgan fingerprint density at radius 3 is 1.35 bits per heavy atom. The molecule has 0 amide bonds. The highest BCUT2D eigenvalue weighted by Crippen LogP contribution is 2.37. The Bertz CT molecular complexity index is 301. The summed E-state index contributed by atoms with van der Waals surface area (Å²) in [5.74, 6) is 9.79. The average Bonchev–Trinajstić information content (AvgIpc) is 3.35. The van der Waals surface area contributed by atoms with E-state index in [1.807, 2.05) is 0 Å². The molecule has 0 aliphatic carbocycles. The van der Waals surface area contributed by atoms with Crippen LogP contribution in [0.25, 0.3) is 0 Å². The van der Waals surface area contributed by atoms with E-state index in [4.69, 9.17) is 14.2 Å². The molecule has 0 radical (unpaired) electrons. The van der Waals surface area contributed by atoms with Crippen molar-refractivity contribution in [2.75, 3.05) is 65.8 Å². The molecule has 3 heterocycles. The molecule has 23 heavy (non-hydrogen) atoms. The maximum atomic E-state index is 5.38. The first-order valence-corrected chi connectivity index (χ1v) is 13.1. The van der Waals surface area contributed by atoms with Gasteiger partial charge in [-0.05, 0) is 5.75 Å². The average molecular weight is 397 g/mol. The second-order valence-electron chi connectivity index (χ2n) is 6.55. The minimum Gasteiger partial charge on any atom is -0.372 e. The molecule has 3 atom stereocenters. The van der Waals surface area contributed by atoms with Crippen molar-refractivity contribution < 1.29 is 14.2 Å². The van der Waals surface area contributed by atoms with Crippen LogP contribution in [0.1, 0.15) is 6.92 Å². The summed E-state index contributed by atoms with van der Waals surface area (Å²) in [5, 5.41) is 0. The molecule has 3 aliphatic rings. The predicted molar refractivity (Wildman–Crippen MR) is 107 cm³/mol. The van der Waals surface area contributed by atoms with Crippen molar-refractivity contribution in [1.29, 1.82) is 0 Å². The number of thioether (sulfide) groups is 4. The third-order valence-electron chi connectivity index (χ3n) is 3.96. The lowest BCUT2D eigenvalue weighted by atomic mass is 9.99. The Morgan fingerprint density at radius 1 is 0.696 bits per heavy atom. The van der Waals surface area contributed by atoms with Gasteiger partial charge < -0.3 is 14.2 Å². The lowest BCUT2D eigenvalue weighted by Gasteiger charge is -2.33. The zero-order valence-electron chi connectivity index (χ0n) is 13.9. The van der Waals surface area contributed by atoms with Crippen molar-refractivity contribution in [3.63, 3.8) is 0 Å². The molecule has 3 fully saturated rings. The maximum absolute atomic E-state index is 5.38. The van der Waals surface area contributed by atoms with Crippen molar-refractivity contribution in [2.24, 2.45) is 5.41 Å². The van der Waals surface area contributed by atoms with Crippen LogP contribution in [0.15, 0.2) is 0 Å². The minimum absolute atomic E-state index is 0.430. The normalized spacial score (nSPS) is 30.9. The lowest BCUT2D eigenvalue weighted by Crippen LogP contribution is -2.34. The van der Waals surface area contributed by atoms with Crippen LogP contribution in [0.3, 0.4) is 0 Å². The van der Waals surface area contributed by atoms with Crippen LogP contribution in [0.5, 0.6) is 0 Å². The van der Waals surface area contributed by atoms with Gasteiger partial charge in [-0.1, -0.05) is 6.92 Å². The molecular formula is C16H28O3S4. The Labute approximate surface area is 157 Å². The molecule has 0 spiro atoms. The van der Waals surface area contributed by atoms with E-state index in [2.05, 4.69) is 54.0 Å². The number of ether oxygens (including phenoxy) is 3. The van der Waals surface area contributed by atoms with Gasteiger partial charge in [0.25, 0.3) is 0 Å². The van der Waals surface area contributed by atoms with Crippen LogP contribution in [0.4, 0.5) is 0 Å². The smallest absolute Gasteiger partial charge is 0.0900 e. The molecule has 7 heteroatoms. The molecule has 3 saturated heterocycles. The Morgan fingerprint density at radius 2 is 1.04 bits per heavy atom. The quantitative estimate of drug-likeness (QED) is 0.394. The molecular weight excluding hydrogens is 368 g/mol. The first kappa shape index (κ1) is 19.1. The fourth-order valence-electron chi connectivity index (χ4n) is 2.28. The highest BCUT2D eigenvalue weighted by atomic mass is 32.2. The van der Waals surface area contributed by atoms with E-state index in [9.17, 15) is 0 Å². The van der Waals surface area contributed by atoms with Gasteiger partial charge in [-0.25, -0.2) is 0 Å². The van der Waals surface area contributed by atoms with E-state index in [1.165, 1.54) is 46.0 Å². The second-order valence-corrected chi connectivity index (χ2v) is 10.9. The molecule has 3 nitrogen and oxygen atoms in total. The van der Waals surface area contributed by atoms with Gasteiger partial charge >= 0.3 is 0 Å². The van der Waals surface area contributed by atoms with E-state index < -0.39 is 0 Å². The molecule has 0 aromatic carbocycles. The van der Waals surface area contributed by atoms with Crippen LogP contribution in [-0.2, 0) is 14.2 Å². The summed E-state index contributed by atoms with van der Waals surface area (Å²) in [5.41, 5.74) is 0.430. The zero-order chi connectivity index (χ0) is 16.0. The zero-order valence-corrected chi connectivity index (χ0v) is 17.1. The van der Waals surface area contributed by atoms with Crippen molar-refractivity contribution in [3.05, 3.63) is 0 Å². The number of rotatable bonds is 15. The Balaban J connectivity index is 1.47. The highest BCUT2D eigenvalue weighted by molar-refractivity contribution is 8.02. The van der Waals surface area contributed by atoms with Gasteiger partial charge in [-0.15, -0.1) is 0 Å². The van der Waals surface area contributed by atoms with Gasteiger partial charge in [0.15, 0.2) is 0 Å². The Kier molecular flexibility index (Phi) is 8.15. The molecule has 3 unspecified atom stereocenters. The van der Waals surface area contributed by atoms with Gasteiger partial charge in [0.1, 0.15) is 0 Å². The van der Waals surface area contributed by atoms with Crippen LogP contribution < -0.4 is 0 Å². The molecule has 3 aliphatic heterocycles. The fourth-order valence-corrected chi connectivity index (χ4v) is 7.94. The van der Waals surface area contributed by atoms with Crippen LogP contribution in [-0.4, -0.2) is 84.2 Å². The molecule has 0 saturated carbocycles. The summed E-state index contributed by atoms with van der Waals surface area (Å²) in [4.78, 5) is 0. The number of hydrogen-bond donors (Lipinski definition) is 0. The summed E-state index contributed by atoms with van der Waals surface area (Å²) in [6, 6.07) is 0. The number of epoxide rings is 3. The van der Waals surface area contributed by atoms with Crippen molar-refractivity contribution in [3.8, 4) is 0 Å². The van der Waals surface area contributed by atoms with Crippen LogP contribution in [0.2, 0.25) is 0 Å². The summed E-state index contributed by atoms with van der Waals surface area (Å²) >= 11 is 8.41. The summed E-state index contributed by atoms with van der Waals surface area (Å²) < 4.78 is 16.1. The molecule has 0 bridgehead atoms. The second kappa shape index (κ2) is 9.83. The summed E-state index contributed by atoms with van der Waals surface area (Å²) in [6.07, 6.45) is 1.62. The van der Waals surface area contributed by atoms with E-state index >= 15 is 0 Å². The van der Waals surface area contributed by atoms with E-state index in [0.29, 0.717) is 23.7 Å². The largest absolute Gasteiger partial charge is 0.372 e. The van der Waals surface area contributed by atoms with E-state index in [-0.39, 0.29) is 0 Å². The van der Waals surface area contributed by atoms with Gasteiger partial charge in [0.2, 0.25) is 0 Å². The third-order valence-corrected chi connectivity index (χ3v) is 9.45. The monoisotopic (exact) mass is 396 g/mol. The van der Waals surface area contributed by atoms with Crippen molar-refractivity contribution in [1.82, 2.24) is 0 Å². The van der Waals surface area contributed by atoms with Crippen LogP contribution in [0, 0.1) is 5.41 Å². The Hall–Kier alpha value is 1.28. The molecule has 3 rings (SSSR count). The topological polar surface area (TPSA) is 37.6 Å². The number of hydrogen-bond acceptors (Lipinski definition) is 7. The maximum Gasteiger partial charge on any atom is 0.0900 e. The van der Waals surface area contributed by atoms with E-state index in [0.717, 1.165) is 19.8 Å². The van der Waals surface area contributed by atoms with Crippen molar-refractivity contribution >= 4 is 47.0 Å². The van der Waals surface area contributed by atoms with E-state index in [1.54, 1.807) is 0 Å². The molecule has 0 N–H and O–H groups in total. The minimum atomic E-state index is 0.430. The highest BCUT2D eigenvalue weighted by Gasteiger charge is 2.34. The fraction of sp³-hybridized carbons (Fsp3) is 1.00. The standard InChI is InChI=1S/C16H28O3S4/c1-2-20-9-16(10-21-6-13-3-17-13,11-22-7-14-4-18-14)12-23-8-15-5-19-15/h13-15H,2-12H2,1H3. The molecule has 134 valence electrons. The van der Waals surface area contributed by atoms with Crippen molar-refractivity contribution in [2.45, 2.75) is 25.2 Å². The SMILES string of the molecule is CCSCC(CSCC1CO1)(CSCC1CO1)CSCC1CO1. The predicted octanol–water partition coefficient (Wildman–Crippen LogP) is 3.12. The van der Waals surface area contributed by atoms with Gasteiger partial charge in [-0.3, -0.25) is 0 Å². The van der Waals surface area contributed by atoms with Gasteiger partial charge in [0, 0.05) is 45.7 Å². The summed E-state index contributed by atoms with van der Waals surface area (Å²) in [6.45, 7) is 5.21. The van der Waals surface area contributed by atoms with Gasteiger partial charge in [0.05, 0.1) is 38.1 Å². The lowest BCUT2D eigenvalue weighted by molar-refractivity contribution is 0.425. The third kappa shape index (κ3) is 8.01. The first-order valence-electron chi connectivity index (χ1n) is 8.45.